The van der Waals surface area contributed by atoms with E-state index >= 15 is 0 Å². The molecule has 0 saturated carbocycles. The van der Waals surface area contributed by atoms with E-state index in [1.165, 1.54) is 7.11 Å². The zero-order valence-corrected chi connectivity index (χ0v) is 11.3. The Morgan fingerprint density at radius 2 is 1.52 bits per heavy atom. The lowest BCUT2D eigenvalue weighted by Crippen LogP contribution is -2.13. The molecule has 0 aliphatic heterocycles. The minimum absolute atomic E-state index is 0.300. The maximum atomic E-state index is 12.2. The molecule has 2 rings (SSSR count). The van der Waals surface area contributed by atoms with Crippen LogP contribution in [0.2, 0.25) is 0 Å². The molecule has 0 aliphatic carbocycles. The standard InChI is InChI=1S/C15H14N2O4/c1-21-13-5-3-2-4-12(13)14(18)16-10-6-8-11(9-7-10)17-15(19)20/h2-9,17H,1H3,(H,16,18)(H,19,20). The lowest BCUT2D eigenvalue weighted by atomic mass is 10.2. The molecule has 0 fully saturated rings. The van der Waals surface area contributed by atoms with Gasteiger partial charge in [0.2, 0.25) is 0 Å². The molecular weight excluding hydrogens is 272 g/mol. The molecule has 0 unspecified atom stereocenters. The fraction of sp³-hybridized carbons (Fsp3) is 0.0667. The number of hydrogen-bond acceptors (Lipinski definition) is 3. The van der Waals surface area contributed by atoms with Crippen LogP contribution in [0.3, 0.4) is 0 Å². The number of amides is 2. The summed E-state index contributed by atoms with van der Waals surface area (Å²) in [4.78, 5) is 22.6. The van der Waals surface area contributed by atoms with E-state index in [9.17, 15) is 9.59 Å². The Balaban J connectivity index is 2.10. The van der Waals surface area contributed by atoms with Gasteiger partial charge in [-0.1, -0.05) is 12.1 Å². The Morgan fingerprint density at radius 3 is 2.10 bits per heavy atom. The molecular formula is C15H14N2O4. The predicted molar refractivity (Wildman–Crippen MR) is 79.0 cm³/mol. The van der Waals surface area contributed by atoms with Crippen molar-refractivity contribution in [3.05, 3.63) is 54.1 Å². The van der Waals surface area contributed by atoms with Gasteiger partial charge in [0, 0.05) is 11.4 Å². The van der Waals surface area contributed by atoms with Gasteiger partial charge < -0.3 is 15.2 Å². The lowest BCUT2D eigenvalue weighted by Gasteiger charge is -2.09. The summed E-state index contributed by atoms with van der Waals surface area (Å²) in [5.41, 5.74) is 1.41. The molecule has 2 aromatic rings. The smallest absolute Gasteiger partial charge is 0.409 e. The van der Waals surface area contributed by atoms with Crippen LogP contribution in [0.5, 0.6) is 5.75 Å². The number of carboxylic acid groups (broad SMARTS) is 1. The molecule has 0 bridgehead atoms. The maximum absolute atomic E-state index is 12.2. The van der Waals surface area contributed by atoms with E-state index in [0.717, 1.165) is 0 Å². The zero-order valence-electron chi connectivity index (χ0n) is 11.3. The van der Waals surface area contributed by atoms with Gasteiger partial charge >= 0.3 is 6.09 Å². The first-order valence-corrected chi connectivity index (χ1v) is 6.14. The summed E-state index contributed by atoms with van der Waals surface area (Å²) in [6.07, 6.45) is -1.14. The van der Waals surface area contributed by atoms with Crippen molar-refractivity contribution >= 4 is 23.4 Å². The first-order valence-electron chi connectivity index (χ1n) is 6.14. The number of benzene rings is 2. The number of carbonyl (C=O) groups is 2. The highest BCUT2D eigenvalue weighted by molar-refractivity contribution is 6.06. The summed E-state index contributed by atoms with van der Waals surface area (Å²) >= 11 is 0. The van der Waals surface area contributed by atoms with Crippen molar-refractivity contribution in [1.82, 2.24) is 0 Å². The predicted octanol–water partition coefficient (Wildman–Crippen LogP) is 3.04. The molecule has 2 aromatic carbocycles. The van der Waals surface area contributed by atoms with Gasteiger partial charge in [0.1, 0.15) is 5.75 Å². The van der Waals surface area contributed by atoms with Crippen LogP contribution in [-0.4, -0.2) is 24.2 Å². The lowest BCUT2D eigenvalue weighted by molar-refractivity contribution is 0.102. The molecule has 3 N–H and O–H groups in total. The normalized spacial score (nSPS) is 9.76. The Labute approximate surface area is 121 Å². The molecule has 6 heteroatoms. The maximum Gasteiger partial charge on any atom is 0.409 e. The molecule has 0 aliphatic rings. The Kier molecular flexibility index (Phi) is 4.40. The average Bonchev–Trinajstić information content (AvgIpc) is 2.48. The second kappa shape index (κ2) is 6.42. The summed E-state index contributed by atoms with van der Waals surface area (Å²) in [7, 11) is 1.50. The van der Waals surface area contributed by atoms with Crippen LogP contribution in [-0.2, 0) is 0 Å². The number of para-hydroxylation sites is 1. The van der Waals surface area contributed by atoms with Crippen molar-refractivity contribution in [1.29, 1.82) is 0 Å². The quantitative estimate of drug-likeness (QED) is 0.806. The summed E-state index contributed by atoms with van der Waals surface area (Å²) < 4.78 is 5.13. The van der Waals surface area contributed by atoms with Crippen LogP contribution in [0.1, 0.15) is 10.4 Å². The van der Waals surface area contributed by atoms with E-state index in [1.807, 2.05) is 0 Å². The molecule has 6 nitrogen and oxygen atoms in total. The fourth-order valence-corrected chi connectivity index (χ4v) is 1.79. The highest BCUT2D eigenvalue weighted by atomic mass is 16.5. The minimum atomic E-state index is -1.14. The van der Waals surface area contributed by atoms with Gasteiger partial charge in [0.25, 0.3) is 5.91 Å². The van der Waals surface area contributed by atoms with Gasteiger partial charge in [0.05, 0.1) is 12.7 Å². The molecule has 21 heavy (non-hydrogen) atoms. The third-order valence-electron chi connectivity index (χ3n) is 2.75. The number of ether oxygens (including phenoxy) is 1. The Bertz CT molecular complexity index is 653. The Morgan fingerprint density at radius 1 is 0.952 bits per heavy atom. The number of nitrogens with one attached hydrogen (secondary N) is 2. The van der Waals surface area contributed by atoms with Gasteiger partial charge in [-0.3, -0.25) is 10.1 Å². The van der Waals surface area contributed by atoms with E-state index in [0.29, 0.717) is 22.7 Å². The zero-order chi connectivity index (χ0) is 15.2. The first kappa shape index (κ1) is 14.4. The fourth-order valence-electron chi connectivity index (χ4n) is 1.79. The van der Waals surface area contributed by atoms with Crippen molar-refractivity contribution in [2.24, 2.45) is 0 Å². The molecule has 0 saturated heterocycles. The highest BCUT2D eigenvalue weighted by Crippen LogP contribution is 2.20. The van der Waals surface area contributed by atoms with E-state index in [4.69, 9.17) is 9.84 Å². The average molecular weight is 286 g/mol. The minimum Gasteiger partial charge on any atom is -0.496 e. The molecule has 0 heterocycles. The van der Waals surface area contributed by atoms with E-state index in [1.54, 1.807) is 48.5 Å². The van der Waals surface area contributed by atoms with Gasteiger partial charge in [-0.15, -0.1) is 0 Å². The van der Waals surface area contributed by atoms with Crippen LogP contribution >= 0.6 is 0 Å². The van der Waals surface area contributed by atoms with Crippen molar-refractivity contribution < 1.29 is 19.4 Å². The molecule has 0 spiro atoms. The number of carbonyl (C=O) groups excluding carboxylic acids is 1. The van der Waals surface area contributed by atoms with Crippen LogP contribution in [0, 0.1) is 0 Å². The SMILES string of the molecule is COc1ccccc1C(=O)Nc1ccc(NC(=O)O)cc1. The number of methoxy groups -OCH3 is 1. The second-order valence-corrected chi connectivity index (χ2v) is 4.16. The molecule has 0 radical (unpaired) electrons. The van der Waals surface area contributed by atoms with Crippen LogP contribution in [0.25, 0.3) is 0 Å². The van der Waals surface area contributed by atoms with Crippen molar-refractivity contribution in [2.45, 2.75) is 0 Å². The summed E-state index contributed by atoms with van der Waals surface area (Å²) in [6, 6.07) is 13.2. The van der Waals surface area contributed by atoms with Crippen LogP contribution < -0.4 is 15.4 Å². The Hall–Kier alpha value is -3.02. The largest absolute Gasteiger partial charge is 0.496 e. The second-order valence-electron chi connectivity index (χ2n) is 4.16. The number of anilines is 2. The van der Waals surface area contributed by atoms with Crippen molar-refractivity contribution in [3.63, 3.8) is 0 Å². The van der Waals surface area contributed by atoms with Gasteiger partial charge in [0.15, 0.2) is 0 Å². The number of rotatable bonds is 4. The van der Waals surface area contributed by atoms with Gasteiger partial charge in [-0.2, -0.15) is 0 Å². The topological polar surface area (TPSA) is 87.7 Å². The van der Waals surface area contributed by atoms with Crippen molar-refractivity contribution in [2.75, 3.05) is 17.7 Å². The van der Waals surface area contributed by atoms with E-state index in [-0.39, 0.29) is 5.91 Å². The van der Waals surface area contributed by atoms with E-state index in [2.05, 4.69) is 10.6 Å². The summed E-state index contributed by atoms with van der Waals surface area (Å²) in [6.45, 7) is 0. The third-order valence-corrected chi connectivity index (χ3v) is 2.75. The summed E-state index contributed by atoms with van der Waals surface area (Å²) in [5, 5.41) is 13.5. The molecule has 0 aromatic heterocycles. The molecule has 108 valence electrons. The van der Waals surface area contributed by atoms with Crippen LogP contribution in [0.15, 0.2) is 48.5 Å². The number of hydrogen-bond donors (Lipinski definition) is 3. The van der Waals surface area contributed by atoms with Gasteiger partial charge in [-0.05, 0) is 36.4 Å². The highest BCUT2D eigenvalue weighted by Gasteiger charge is 2.11. The molecule has 0 atom stereocenters. The van der Waals surface area contributed by atoms with E-state index < -0.39 is 6.09 Å². The van der Waals surface area contributed by atoms with Crippen LogP contribution in [0.4, 0.5) is 16.2 Å². The summed E-state index contributed by atoms with van der Waals surface area (Å²) in [5.74, 6) is 0.186. The first-order chi connectivity index (χ1) is 10.1. The van der Waals surface area contributed by atoms with Crippen molar-refractivity contribution in [3.8, 4) is 5.75 Å². The van der Waals surface area contributed by atoms with Gasteiger partial charge in [-0.25, -0.2) is 4.79 Å². The monoisotopic (exact) mass is 286 g/mol. The third kappa shape index (κ3) is 3.73. The molecule has 2 amide bonds.